The Bertz CT molecular complexity index is 903. The van der Waals surface area contributed by atoms with Gasteiger partial charge in [-0.05, 0) is 38.0 Å². The van der Waals surface area contributed by atoms with Gasteiger partial charge in [0.2, 0.25) is 0 Å². The smallest absolute Gasteiger partial charge is 0.254 e. The van der Waals surface area contributed by atoms with Gasteiger partial charge >= 0.3 is 0 Å². The number of hydrogen-bond acceptors (Lipinski definition) is 6. The van der Waals surface area contributed by atoms with Crippen LogP contribution >= 0.6 is 0 Å². The molecule has 0 aromatic carbocycles. The van der Waals surface area contributed by atoms with Gasteiger partial charge in [0.1, 0.15) is 12.1 Å². The number of carbonyl (C=O) groups excluding carboxylic acids is 1. The van der Waals surface area contributed by atoms with E-state index >= 15 is 0 Å². The molecule has 0 atom stereocenters. The van der Waals surface area contributed by atoms with E-state index in [-0.39, 0.29) is 11.9 Å². The maximum absolute atomic E-state index is 12.2. The maximum Gasteiger partial charge on any atom is 0.254 e. The number of amides is 1. The summed E-state index contributed by atoms with van der Waals surface area (Å²) in [5.74, 6) is 1.55. The van der Waals surface area contributed by atoms with E-state index in [0.29, 0.717) is 11.4 Å². The van der Waals surface area contributed by atoms with Gasteiger partial charge in [-0.25, -0.2) is 9.97 Å². The molecule has 3 aromatic rings. The molecule has 1 saturated heterocycles. The molecule has 1 fully saturated rings. The first-order valence-corrected chi connectivity index (χ1v) is 9.03. The van der Waals surface area contributed by atoms with Gasteiger partial charge in [-0.2, -0.15) is 0 Å². The normalized spacial score (nSPS) is 14.9. The fraction of sp³-hybridized carbons (Fsp3) is 0.300. The number of aryl methyl sites for hydroxylation is 1. The number of furan rings is 1. The van der Waals surface area contributed by atoms with Gasteiger partial charge in [0.25, 0.3) is 5.91 Å². The monoisotopic (exact) mass is 363 g/mol. The van der Waals surface area contributed by atoms with Crippen molar-refractivity contribution in [2.24, 2.45) is 0 Å². The number of aromatic nitrogens is 3. The molecule has 1 amide bonds. The number of anilines is 1. The quantitative estimate of drug-likeness (QED) is 0.767. The van der Waals surface area contributed by atoms with Crippen LogP contribution in [0.5, 0.6) is 0 Å². The Balaban J connectivity index is 1.42. The number of hydrogen-bond donors (Lipinski definition) is 1. The summed E-state index contributed by atoms with van der Waals surface area (Å²) < 4.78 is 4.97. The Morgan fingerprint density at radius 2 is 1.96 bits per heavy atom. The molecule has 1 aliphatic heterocycles. The zero-order chi connectivity index (χ0) is 18.6. The molecular formula is C20H21N5O2. The Morgan fingerprint density at radius 3 is 2.67 bits per heavy atom. The van der Waals surface area contributed by atoms with Crippen molar-refractivity contribution in [1.29, 1.82) is 0 Å². The van der Waals surface area contributed by atoms with Gasteiger partial charge in [0, 0.05) is 48.8 Å². The summed E-state index contributed by atoms with van der Waals surface area (Å²) in [7, 11) is 0. The highest BCUT2D eigenvalue weighted by Crippen LogP contribution is 2.22. The molecule has 0 aliphatic carbocycles. The Labute approximate surface area is 157 Å². The van der Waals surface area contributed by atoms with Crippen LogP contribution in [0.25, 0.3) is 11.4 Å². The molecule has 4 heterocycles. The minimum atomic E-state index is -0.0833. The van der Waals surface area contributed by atoms with E-state index in [9.17, 15) is 4.79 Å². The lowest BCUT2D eigenvalue weighted by Gasteiger charge is -2.33. The summed E-state index contributed by atoms with van der Waals surface area (Å²) in [4.78, 5) is 27.8. The van der Waals surface area contributed by atoms with Crippen LogP contribution in [-0.4, -0.2) is 40.0 Å². The molecule has 7 nitrogen and oxygen atoms in total. The van der Waals surface area contributed by atoms with Crippen molar-refractivity contribution in [2.45, 2.75) is 25.8 Å². The Morgan fingerprint density at radius 1 is 1.19 bits per heavy atom. The molecule has 0 saturated carbocycles. The highest BCUT2D eigenvalue weighted by molar-refractivity contribution is 5.93. The van der Waals surface area contributed by atoms with Crippen LogP contribution in [-0.2, 0) is 0 Å². The summed E-state index contributed by atoms with van der Waals surface area (Å²) in [6, 6.07) is 7.67. The second-order valence-corrected chi connectivity index (χ2v) is 6.67. The van der Waals surface area contributed by atoms with Gasteiger partial charge in [-0.3, -0.25) is 9.78 Å². The SMILES string of the molecule is Cc1cc(N2CCC(NC(=O)c3ccoc3)CC2)nc(-c2ccncc2)n1. The average molecular weight is 363 g/mol. The first kappa shape index (κ1) is 17.2. The van der Waals surface area contributed by atoms with Crippen LogP contribution in [0, 0.1) is 6.92 Å². The highest BCUT2D eigenvalue weighted by Gasteiger charge is 2.23. The predicted octanol–water partition coefficient (Wildman–Crippen LogP) is 2.84. The van der Waals surface area contributed by atoms with E-state index < -0.39 is 0 Å². The van der Waals surface area contributed by atoms with Crippen molar-refractivity contribution in [3.05, 3.63) is 60.4 Å². The van der Waals surface area contributed by atoms with Crippen molar-refractivity contribution in [3.8, 4) is 11.4 Å². The molecule has 0 spiro atoms. The lowest BCUT2D eigenvalue weighted by Crippen LogP contribution is -2.45. The molecule has 1 N–H and O–H groups in total. The zero-order valence-electron chi connectivity index (χ0n) is 15.1. The molecule has 0 unspecified atom stereocenters. The lowest BCUT2D eigenvalue weighted by molar-refractivity contribution is 0.0930. The van der Waals surface area contributed by atoms with Crippen LogP contribution in [0.3, 0.4) is 0 Å². The van der Waals surface area contributed by atoms with Gasteiger partial charge in [0.15, 0.2) is 5.82 Å². The van der Waals surface area contributed by atoms with Crippen molar-refractivity contribution < 1.29 is 9.21 Å². The minimum Gasteiger partial charge on any atom is -0.472 e. The highest BCUT2D eigenvalue weighted by atomic mass is 16.3. The minimum absolute atomic E-state index is 0.0833. The average Bonchev–Trinajstić information content (AvgIpc) is 3.24. The number of carbonyl (C=O) groups is 1. The molecular weight excluding hydrogens is 342 g/mol. The number of nitrogens with one attached hydrogen (secondary N) is 1. The largest absolute Gasteiger partial charge is 0.472 e. The van der Waals surface area contributed by atoms with E-state index in [1.165, 1.54) is 12.5 Å². The molecule has 138 valence electrons. The van der Waals surface area contributed by atoms with E-state index in [2.05, 4.69) is 20.2 Å². The van der Waals surface area contributed by atoms with Crippen LogP contribution in [0.15, 0.2) is 53.6 Å². The molecule has 0 radical (unpaired) electrons. The number of pyridine rings is 1. The van der Waals surface area contributed by atoms with Crippen LogP contribution in [0.4, 0.5) is 5.82 Å². The van der Waals surface area contributed by atoms with Crippen LogP contribution in [0.2, 0.25) is 0 Å². The standard InChI is InChI=1S/C20H21N5O2/c1-14-12-18(24-19(22-14)15-2-7-21-8-3-15)25-9-4-17(5-10-25)23-20(26)16-6-11-27-13-16/h2-3,6-8,11-13,17H,4-5,9-10H2,1H3,(H,23,26). The summed E-state index contributed by atoms with van der Waals surface area (Å²) in [6.07, 6.45) is 8.21. The van der Waals surface area contributed by atoms with Gasteiger partial charge in [-0.1, -0.05) is 0 Å². The number of piperidine rings is 1. The van der Waals surface area contributed by atoms with Gasteiger partial charge in [-0.15, -0.1) is 0 Å². The molecule has 27 heavy (non-hydrogen) atoms. The van der Waals surface area contributed by atoms with E-state index in [1.54, 1.807) is 18.5 Å². The van der Waals surface area contributed by atoms with E-state index in [1.807, 2.05) is 25.1 Å². The fourth-order valence-electron chi connectivity index (χ4n) is 3.26. The van der Waals surface area contributed by atoms with E-state index in [0.717, 1.165) is 43.0 Å². The Hall–Kier alpha value is -3.22. The van der Waals surface area contributed by atoms with Crippen molar-refractivity contribution in [3.63, 3.8) is 0 Å². The molecule has 7 heteroatoms. The predicted molar refractivity (Wildman–Crippen MR) is 101 cm³/mol. The molecule has 3 aromatic heterocycles. The third-order valence-corrected chi connectivity index (χ3v) is 4.72. The van der Waals surface area contributed by atoms with Crippen molar-refractivity contribution in [1.82, 2.24) is 20.3 Å². The second kappa shape index (κ2) is 7.57. The van der Waals surface area contributed by atoms with Crippen LogP contribution < -0.4 is 10.2 Å². The second-order valence-electron chi connectivity index (χ2n) is 6.67. The number of rotatable bonds is 4. The molecule has 4 rings (SSSR count). The zero-order valence-corrected chi connectivity index (χ0v) is 15.1. The van der Waals surface area contributed by atoms with E-state index in [4.69, 9.17) is 9.40 Å². The Kier molecular flexibility index (Phi) is 4.82. The summed E-state index contributed by atoms with van der Waals surface area (Å²) in [5, 5.41) is 3.08. The fourth-order valence-corrected chi connectivity index (χ4v) is 3.26. The van der Waals surface area contributed by atoms with Gasteiger partial charge < -0.3 is 14.6 Å². The van der Waals surface area contributed by atoms with Crippen molar-refractivity contribution >= 4 is 11.7 Å². The topological polar surface area (TPSA) is 84.2 Å². The first-order chi connectivity index (χ1) is 13.2. The number of nitrogens with zero attached hydrogens (tertiary/aromatic N) is 4. The lowest BCUT2D eigenvalue weighted by atomic mass is 10.0. The summed E-state index contributed by atoms with van der Waals surface area (Å²) in [6.45, 7) is 3.65. The summed E-state index contributed by atoms with van der Waals surface area (Å²) in [5.41, 5.74) is 2.45. The summed E-state index contributed by atoms with van der Waals surface area (Å²) >= 11 is 0. The van der Waals surface area contributed by atoms with Crippen molar-refractivity contribution in [2.75, 3.05) is 18.0 Å². The maximum atomic E-state index is 12.2. The molecule has 1 aliphatic rings. The first-order valence-electron chi connectivity index (χ1n) is 9.03. The molecule has 0 bridgehead atoms. The van der Waals surface area contributed by atoms with Crippen LogP contribution in [0.1, 0.15) is 28.9 Å². The van der Waals surface area contributed by atoms with Gasteiger partial charge in [0.05, 0.1) is 11.8 Å². The third kappa shape index (κ3) is 3.97. The third-order valence-electron chi connectivity index (χ3n) is 4.72.